The van der Waals surface area contributed by atoms with Crippen molar-refractivity contribution in [2.45, 2.75) is 44.1 Å². The summed E-state index contributed by atoms with van der Waals surface area (Å²) in [7, 11) is 0. The minimum atomic E-state index is -3.38. The summed E-state index contributed by atoms with van der Waals surface area (Å²) < 4.78 is 32.1. The van der Waals surface area contributed by atoms with E-state index in [-0.39, 0.29) is 17.0 Å². The predicted octanol–water partition coefficient (Wildman–Crippen LogP) is 3.10. The standard InChI is InChI=1S/C15H17F2NO5/c1-13(2,3)23-12(22)18-9-6-8(4-5-10(9)19)14(11(20)21)7-15(14,16)17/h4-6,19H,7H2,1-3H3,(H,18,22)(H,20,21). The molecule has 0 saturated heterocycles. The van der Waals surface area contributed by atoms with Gasteiger partial charge in [-0.25, -0.2) is 13.6 Å². The Kier molecular flexibility index (Phi) is 3.75. The maximum absolute atomic E-state index is 13.5. The van der Waals surface area contributed by atoms with E-state index in [1.807, 2.05) is 0 Å². The molecule has 126 valence electrons. The first kappa shape index (κ1) is 17.0. The van der Waals surface area contributed by atoms with Gasteiger partial charge in [-0.3, -0.25) is 10.1 Å². The molecule has 1 saturated carbocycles. The number of ether oxygens (including phenoxy) is 1. The number of amides is 1. The quantitative estimate of drug-likeness (QED) is 0.741. The number of aliphatic carboxylic acids is 1. The van der Waals surface area contributed by atoms with Crippen LogP contribution in [0.5, 0.6) is 5.75 Å². The Balaban J connectivity index is 2.31. The summed E-state index contributed by atoms with van der Waals surface area (Å²) in [4.78, 5) is 23.0. The second-order valence-electron chi connectivity index (χ2n) is 6.45. The molecule has 0 aliphatic heterocycles. The van der Waals surface area contributed by atoms with Gasteiger partial charge in [-0.15, -0.1) is 0 Å². The number of phenolic OH excluding ortho intramolecular Hbond substituents is 1. The van der Waals surface area contributed by atoms with Gasteiger partial charge in [0, 0.05) is 6.42 Å². The summed E-state index contributed by atoms with van der Waals surface area (Å²) in [6.07, 6.45) is -1.72. The van der Waals surface area contributed by atoms with E-state index in [9.17, 15) is 23.5 Å². The Hall–Kier alpha value is -2.38. The smallest absolute Gasteiger partial charge is 0.412 e. The van der Waals surface area contributed by atoms with Crippen LogP contribution in [0.1, 0.15) is 32.8 Å². The van der Waals surface area contributed by atoms with Crippen LogP contribution in [0.25, 0.3) is 0 Å². The topological polar surface area (TPSA) is 95.9 Å². The molecule has 0 bridgehead atoms. The number of rotatable bonds is 3. The van der Waals surface area contributed by atoms with E-state index in [4.69, 9.17) is 9.84 Å². The molecule has 0 spiro atoms. The maximum atomic E-state index is 13.5. The third kappa shape index (κ3) is 3.06. The molecule has 2 rings (SSSR count). The lowest BCUT2D eigenvalue weighted by molar-refractivity contribution is -0.142. The molecule has 1 aliphatic carbocycles. The lowest BCUT2D eigenvalue weighted by Crippen LogP contribution is -2.28. The second-order valence-corrected chi connectivity index (χ2v) is 6.45. The fourth-order valence-electron chi connectivity index (χ4n) is 2.27. The number of benzene rings is 1. The molecule has 23 heavy (non-hydrogen) atoms. The van der Waals surface area contributed by atoms with E-state index in [0.717, 1.165) is 18.2 Å². The molecule has 1 aromatic carbocycles. The number of carboxylic acids is 1. The van der Waals surface area contributed by atoms with Crippen molar-refractivity contribution in [1.29, 1.82) is 0 Å². The van der Waals surface area contributed by atoms with Crippen molar-refractivity contribution in [3.05, 3.63) is 23.8 Å². The first-order valence-electron chi connectivity index (χ1n) is 6.84. The number of carbonyl (C=O) groups is 2. The van der Waals surface area contributed by atoms with Crippen LogP contribution < -0.4 is 5.32 Å². The average molecular weight is 329 g/mol. The van der Waals surface area contributed by atoms with E-state index in [1.165, 1.54) is 0 Å². The van der Waals surface area contributed by atoms with Gasteiger partial charge in [0.1, 0.15) is 11.4 Å². The van der Waals surface area contributed by atoms with Crippen molar-refractivity contribution < 1.29 is 33.3 Å². The molecule has 1 amide bonds. The fourth-order valence-corrected chi connectivity index (χ4v) is 2.27. The van der Waals surface area contributed by atoms with Crippen molar-refractivity contribution in [2.75, 3.05) is 5.32 Å². The molecule has 0 heterocycles. The van der Waals surface area contributed by atoms with Crippen LogP contribution in [0.4, 0.5) is 19.3 Å². The number of hydrogen-bond donors (Lipinski definition) is 3. The van der Waals surface area contributed by atoms with Crippen LogP contribution in [0.2, 0.25) is 0 Å². The van der Waals surface area contributed by atoms with Gasteiger partial charge in [-0.05, 0) is 38.5 Å². The van der Waals surface area contributed by atoms with E-state index < -0.39 is 35.4 Å². The van der Waals surface area contributed by atoms with Gasteiger partial charge < -0.3 is 14.9 Å². The highest BCUT2D eigenvalue weighted by molar-refractivity contribution is 5.90. The zero-order chi connectivity index (χ0) is 17.6. The largest absolute Gasteiger partial charge is 0.506 e. The number of aromatic hydroxyl groups is 1. The molecule has 6 nitrogen and oxygen atoms in total. The van der Waals surface area contributed by atoms with E-state index in [2.05, 4.69) is 5.32 Å². The van der Waals surface area contributed by atoms with Gasteiger partial charge in [0.25, 0.3) is 5.92 Å². The number of phenols is 1. The van der Waals surface area contributed by atoms with Crippen LogP contribution in [0.15, 0.2) is 18.2 Å². The Morgan fingerprint density at radius 2 is 1.87 bits per heavy atom. The lowest BCUT2D eigenvalue weighted by Gasteiger charge is -2.20. The number of halogens is 2. The molecule has 0 aromatic heterocycles. The highest BCUT2D eigenvalue weighted by Crippen LogP contribution is 2.62. The highest BCUT2D eigenvalue weighted by atomic mass is 19.3. The number of hydrogen-bond acceptors (Lipinski definition) is 4. The molecule has 1 fully saturated rings. The summed E-state index contributed by atoms with van der Waals surface area (Å²) in [5.41, 5.74) is -3.51. The number of carbonyl (C=O) groups excluding carboxylic acids is 1. The molecule has 0 radical (unpaired) electrons. The number of anilines is 1. The Morgan fingerprint density at radius 3 is 2.30 bits per heavy atom. The van der Waals surface area contributed by atoms with Gasteiger partial charge in [0.05, 0.1) is 5.69 Å². The van der Waals surface area contributed by atoms with Gasteiger partial charge in [-0.2, -0.15) is 0 Å². The Bertz CT molecular complexity index is 668. The van der Waals surface area contributed by atoms with Gasteiger partial charge >= 0.3 is 12.1 Å². The average Bonchev–Trinajstić information content (AvgIpc) is 2.94. The second kappa shape index (κ2) is 5.07. The van der Waals surface area contributed by atoms with Crippen molar-refractivity contribution >= 4 is 17.7 Å². The summed E-state index contributed by atoms with van der Waals surface area (Å²) in [5, 5.41) is 21.1. The maximum Gasteiger partial charge on any atom is 0.412 e. The van der Waals surface area contributed by atoms with Crippen LogP contribution in [0, 0.1) is 0 Å². The predicted molar refractivity (Wildman–Crippen MR) is 76.8 cm³/mol. The SMILES string of the molecule is CC(C)(C)OC(=O)Nc1cc(C2(C(=O)O)CC2(F)F)ccc1O. The van der Waals surface area contributed by atoms with Crippen molar-refractivity contribution in [1.82, 2.24) is 0 Å². The van der Waals surface area contributed by atoms with E-state index in [0.29, 0.717) is 0 Å². The summed E-state index contributed by atoms with van der Waals surface area (Å²) in [5.74, 6) is -5.42. The fraction of sp³-hybridized carbons (Fsp3) is 0.467. The Labute approximate surface area is 131 Å². The van der Waals surface area contributed by atoms with Crippen LogP contribution in [-0.2, 0) is 14.9 Å². The molecule has 3 N–H and O–H groups in total. The van der Waals surface area contributed by atoms with Crippen molar-refractivity contribution in [2.24, 2.45) is 0 Å². The van der Waals surface area contributed by atoms with Gasteiger partial charge in [0.2, 0.25) is 0 Å². The van der Waals surface area contributed by atoms with Gasteiger partial charge in [-0.1, -0.05) is 6.07 Å². The summed E-state index contributed by atoms with van der Waals surface area (Å²) in [6, 6.07) is 3.18. The van der Waals surface area contributed by atoms with Crippen LogP contribution in [0.3, 0.4) is 0 Å². The normalized spacial score (nSPS) is 22.3. The van der Waals surface area contributed by atoms with Gasteiger partial charge in [0.15, 0.2) is 5.41 Å². The number of carboxylic acid groups (broad SMARTS) is 1. The molecule has 8 heteroatoms. The minimum absolute atomic E-state index is 0.194. The summed E-state index contributed by atoms with van der Waals surface area (Å²) >= 11 is 0. The van der Waals surface area contributed by atoms with Crippen molar-refractivity contribution in [3.8, 4) is 5.75 Å². The third-order valence-electron chi connectivity index (χ3n) is 3.48. The third-order valence-corrected chi connectivity index (χ3v) is 3.48. The van der Waals surface area contributed by atoms with Crippen LogP contribution >= 0.6 is 0 Å². The first-order valence-corrected chi connectivity index (χ1v) is 6.84. The molecular weight excluding hydrogens is 312 g/mol. The van der Waals surface area contributed by atoms with E-state index >= 15 is 0 Å². The molecule has 1 aromatic rings. The molecular formula is C15H17F2NO5. The Morgan fingerprint density at radius 1 is 1.30 bits per heavy atom. The van der Waals surface area contributed by atoms with E-state index in [1.54, 1.807) is 20.8 Å². The zero-order valence-electron chi connectivity index (χ0n) is 12.8. The first-order chi connectivity index (χ1) is 10.4. The molecule has 1 atom stereocenters. The van der Waals surface area contributed by atoms with Crippen LogP contribution in [-0.4, -0.2) is 33.8 Å². The monoisotopic (exact) mass is 329 g/mol. The number of alkyl halides is 2. The van der Waals surface area contributed by atoms with Crippen molar-refractivity contribution in [3.63, 3.8) is 0 Å². The zero-order valence-corrected chi connectivity index (χ0v) is 12.8. The minimum Gasteiger partial charge on any atom is -0.506 e. The highest BCUT2D eigenvalue weighted by Gasteiger charge is 2.77. The lowest BCUT2D eigenvalue weighted by atomic mass is 9.94. The molecule has 1 unspecified atom stereocenters. The number of nitrogens with one attached hydrogen (secondary N) is 1. The molecule has 1 aliphatic rings. The summed E-state index contributed by atoms with van der Waals surface area (Å²) in [6.45, 7) is 4.90.